The van der Waals surface area contributed by atoms with Crippen molar-refractivity contribution < 1.29 is 14.3 Å². The van der Waals surface area contributed by atoms with Gasteiger partial charge in [-0.15, -0.1) is 0 Å². The summed E-state index contributed by atoms with van der Waals surface area (Å²) in [6, 6.07) is 5.49. The van der Waals surface area contributed by atoms with Gasteiger partial charge in [0.25, 0.3) is 0 Å². The van der Waals surface area contributed by atoms with Crippen molar-refractivity contribution in [1.82, 2.24) is 0 Å². The Morgan fingerprint density at radius 1 is 1.47 bits per heavy atom. The molecule has 4 nitrogen and oxygen atoms in total. The van der Waals surface area contributed by atoms with E-state index in [-0.39, 0.29) is 12.4 Å². The van der Waals surface area contributed by atoms with Crippen LogP contribution in [0.3, 0.4) is 0 Å². The predicted octanol–water partition coefficient (Wildman–Crippen LogP) is 1.98. The maximum Gasteiger partial charge on any atom is 0.310 e. The number of carbonyl (C=O) groups excluding carboxylic acids is 1. The summed E-state index contributed by atoms with van der Waals surface area (Å²) < 4.78 is 10.1. The standard InChI is InChI=1S/C13H15NO3/c1-4-17-12(15)7-10-5-6-11(8-14)9(2)13(10)16-3/h5-6H,4,7H2,1-3H3. The number of esters is 1. The minimum atomic E-state index is -0.296. The van der Waals surface area contributed by atoms with Gasteiger partial charge >= 0.3 is 5.97 Å². The van der Waals surface area contributed by atoms with Crippen LogP contribution < -0.4 is 4.74 Å². The van der Waals surface area contributed by atoms with Crippen molar-refractivity contribution in [2.24, 2.45) is 0 Å². The molecule has 0 aliphatic heterocycles. The molecule has 0 spiro atoms. The largest absolute Gasteiger partial charge is 0.496 e. The van der Waals surface area contributed by atoms with Gasteiger partial charge in [-0.05, 0) is 19.9 Å². The molecule has 0 N–H and O–H groups in total. The second-order valence-electron chi connectivity index (χ2n) is 3.52. The van der Waals surface area contributed by atoms with Gasteiger partial charge in [0.2, 0.25) is 0 Å². The molecule has 4 heteroatoms. The molecule has 0 bridgehead atoms. The molecule has 0 radical (unpaired) electrons. The van der Waals surface area contributed by atoms with Gasteiger partial charge in [-0.25, -0.2) is 0 Å². The van der Waals surface area contributed by atoms with Gasteiger partial charge in [0.05, 0.1) is 31.8 Å². The number of hydrogen-bond donors (Lipinski definition) is 0. The molecule has 1 aromatic rings. The average molecular weight is 233 g/mol. The van der Waals surface area contributed by atoms with Crippen molar-refractivity contribution >= 4 is 5.97 Å². The van der Waals surface area contributed by atoms with Crippen LogP contribution in [0.1, 0.15) is 23.6 Å². The van der Waals surface area contributed by atoms with Crippen LogP contribution in [0.25, 0.3) is 0 Å². The fourth-order valence-electron chi connectivity index (χ4n) is 1.66. The Morgan fingerprint density at radius 3 is 2.71 bits per heavy atom. The maximum atomic E-state index is 11.4. The molecule has 0 heterocycles. The fraction of sp³-hybridized carbons (Fsp3) is 0.385. The summed E-state index contributed by atoms with van der Waals surface area (Å²) in [6.45, 7) is 3.92. The molecule has 0 aliphatic carbocycles. The van der Waals surface area contributed by atoms with Gasteiger partial charge in [0.1, 0.15) is 5.75 Å². The highest BCUT2D eigenvalue weighted by molar-refractivity contribution is 5.74. The minimum Gasteiger partial charge on any atom is -0.496 e. The van der Waals surface area contributed by atoms with Crippen molar-refractivity contribution in [2.75, 3.05) is 13.7 Å². The van der Waals surface area contributed by atoms with E-state index in [1.54, 1.807) is 26.0 Å². The lowest BCUT2D eigenvalue weighted by Crippen LogP contribution is -2.09. The number of nitrogens with zero attached hydrogens (tertiary/aromatic N) is 1. The lowest BCUT2D eigenvalue weighted by atomic mass is 10.0. The van der Waals surface area contributed by atoms with Crippen molar-refractivity contribution in [3.63, 3.8) is 0 Å². The van der Waals surface area contributed by atoms with E-state index >= 15 is 0 Å². The van der Waals surface area contributed by atoms with E-state index in [4.69, 9.17) is 14.7 Å². The maximum absolute atomic E-state index is 11.4. The number of hydrogen-bond acceptors (Lipinski definition) is 4. The van der Waals surface area contributed by atoms with Gasteiger partial charge in [-0.3, -0.25) is 4.79 Å². The molecule has 0 atom stereocenters. The van der Waals surface area contributed by atoms with Crippen LogP contribution >= 0.6 is 0 Å². The van der Waals surface area contributed by atoms with Gasteiger partial charge < -0.3 is 9.47 Å². The summed E-state index contributed by atoms with van der Waals surface area (Å²) in [5, 5.41) is 8.90. The van der Waals surface area contributed by atoms with E-state index in [0.717, 1.165) is 11.1 Å². The Balaban J connectivity index is 3.05. The Hall–Kier alpha value is -2.02. The van der Waals surface area contributed by atoms with E-state index in [1.165, 1.54) is 7.11 Å². The van der Waals surface area contributed by atoms with Crippen LogP contribution in [0, 0.1) is 18.3 Å². The van der Waals surface area contributed by atoms with Crippen LogP contribution in [-0.4, -0.2) is 19.7 Å². The average Bonchev–Trinajstić information content (AvgIpc) is 2.30. The predicted molar refractivity (Wildman–Crippen MR) is 62.8 cm³/mol. The van der Waals surface area contributed by atoms with E-state index in [9.17, 15) is 4.79 Å². The highest BCUT2D eigenvalue weighted by atomic mass is 16.5. The number of benzene rings is 1. The normalized spacial score (nSPS) is 9.53. The first-order chi connectivity index (χ1) is 8.13. The Kier molecular flexibility index (Phi) is 4.53. The third-order valence-corrected chi connectivity index (χ3v) is 2.45. The Bertz CT molecular complexity index is 460. The highest BCUT2D eigenvalue weighted by Crippen LogP contribution is 2.26. The first kappa shape index (κ1) is 13.0. The monoisotopic (exact) mass is 233 g/mol. The summed E-state index contributed by atoms with van der Waals surface area (Å²) in [5.41, 5.74) is 2.04. The third-order valence-electron chi connectivity index (χ3n) is 2.45. The van der Waals surface area contributed by atoms with Gasteiger partial charge in [-0.1, -0.05) is 6.07 Å². The van der Waals surface area contributed by atoms with Crippen molar-refractivity contribution in [3.8, 4) is 11.8 Å². The molecule has 0 amide bonds. The molecule has 17 heavy (non-hydrogen) atoms. The lowest BCUT2D eigenvalue weighted by molar-refractivity contribution is -0.142. The molecule has 90 valence electrons. The molecule has 0 saturated carbocycles. The van der Waals surface area contributed by atoms with E-state index in [0.29, 0.717) is 17.9 Å². The quantitative estimate of drug-likeness (QED) is 0.746. The summed E-state index contributed by atoms with van der Waals surface area (Å²) in [5.74, 6) is 0.284. The van der Waals surface area contributed by atoms with Crippen molar-refractivity contribution in [3.05, 3.63) is 28.8 Å². The molecule has 0 unspecified atom stereocenters. The lowest BCUT2D eigenvalue weighted by Gasteiger charge is -2.11. The smallest absolute Gasteiger partial charge is 0.310 e. The molecule has 0 saturated heterocycles. The van der Waals surface area contributed by atoms with Crippen LogP contribution in [0.2, 0.25) is 0 Å². The van der Waals surface area contributed by atoms with E-state index in [1.807, 2.05) is 0 Å². The molecule has 0 aromatic heterocycles. The molecular weight excluding hydrogens is 218 g/mol. The zero-order chi connectivity index (χ0) is 12.8. The van der Waals surface area contributed by atoms with Crippen LogP contribution in [0.5, 0.6) is 5.75 Å². The number of rotatable bonds is 4. The zero-order valence-corrected chi connectivity index (χ0v) is 10.2. The molecule has 0 aliphatic rings. The van der Waals surface area contributed by atoms with Gasteiger partial charge in [0.15, 0.2) is 0 Å². The first-order valence-corrected chi connectivity index (χ1v) is 5.36. The number of ether oxygens (including phenoxy) is 2. The Morgan fingerprint density at radius 2 is 2.18 bits per heavy atom. The summed E-state index contributed by atoms with van der Waals surface area (Å²) in [6.07, 6.45) is 0.156. The summed E-state index contributed by atoms with van der Waals surface area (Å²) in [7, 11) is 1.53. The third kappa shape index (κ3) is 2.97. The topological polar surface area (TPSA) is 59.3 Å². The number of nitriles is 1. The molecule has 1 rings (SSSR count). The van der Waals surface area contributed by atoms with Gasteiger partial charge in [-0.2, -0.15) is 5.26 Å². The minimum absolute atomic E-state index is 0.156. The SMILES string of the molecule is CCOC(=O)Cc1ccc(C#N)c(C)c1OC. The number of carbonyl (C=O) groups is 1. The van der Waals surface area contributed by atoms with E-state index < -0.39 is 0 Å². The summed E-state index contributed by atoms with van der Waals surface area (Å²) in [4.78, 5) is 11.4. The van der Waals surface area contributed by atoms with Crippen molar-refractivity contribution in [2.45, 2.75) is 20.3 Å². The van der Waals surface area contributed by atoms with Crippen LogP contribution in [0.15, 0.2) is 12.1 Å². The van der Waals surface area contributed by atoms with E-state index in [2.05, 4.69) is 6.07 Å². The first-order valence-electron chi connectivity index (χ1n) is 5.36. The van der Waals surface area contributed by atoms with Gasteiger partial charge in [0, 0.05) is 11.1 Å². The molecule has 0 fully saturated rings. The van der Waals surface area contributed by atoms with Crippen LogP contribution in [-0.2, 0) is 16.0 Å². The van der Waals surface area contributed by atoms with Crippen molar-refractivity contribution in [1.29, 1.82) is 5.26 Å². The summed E-state index contributed by atoms with van der Waals surface area (Å²) >= 11 is 0. The number of methoxy groups -OCH3 is 1. The highest BCUT2D eigenvalue weighted by Gasteiger charge is 2.13. The molecule has 1 aromatic carbocycles. The molecular formula is C13H15NO3. The zero-order valence-electron chi connectivity index (χ0n) is 10.2. The second-order valence-corrected chi connectivity index (χ2v) is 3.52. The Labute approximate surface area is 101 Å². The van der Waals surface area contributed by atoms with Crippen LogP contribution in [0.4, 0.5) is 0 Å². The second kappa shape index (κ2) is 5.90. The fourth-order valence-corrected chi connectivity index (χ4v) is 1.66.